The molecule has 0 aliphatic rings. The molecule has 0 atom stereocenters. The molecule has 6 heteroatoms. The van der Waals surface area contributed by atoms with Gasteiger partial charge in [-0.3, -0.25) is 0 Å². The van der Waals surface area contributed by atoms with Crippen LogP contribution in [0.2, 0.25) is 0 Å². The molecule has 0 unspecified atom stereocenters. The van der Waals surface area contributed by atoms with Gasteiger partial charge in [-0.1, -0.05) is 13.0 Å². The van der Waals surface area contributed by atoms with Crippen LogP contribution in [0.15, 0.2) is 18.2 Å². The van der Waals surface area contributed by atoms with Crippen molar-refractivity contribution in [3.05, 3.63) is 29.6 Å². The van der Waals surface area contributed by atoms with Gasteiger partial charge in [-0.15, -0.1) is 0 Å². The predicted octanol–water partition coefficient (Wildman–Crippen LogP) is 3.32. The summed E-state index contributed by atoms with van der Waals surface area (Å²) in [5.74, 6) is -0.491. The van der Waals surface area contributed by atoms with Gasteiger partial charge in [0.1, 0.15) is 12.4 Å². The summed E-state index contributed by atoms with van der Waals surface area (Å²) in [6, 6.07) is 4.17. The summed E-state index contributed by atoms with van der Waals surface area (Å²) in [4.78, 5) is 1.02. The molecule has 19 heavy (non-hydrogen) atoms. The van der Waals surface area contributed by atoms with Gasteiger partial charge in [0.2, 0.25) is 0 Å². The maximum atomic E-state index is 13.7. The smallest absolute Gasteiger partial charge is 0.365 e. The second-order valence-electron chi connectivity index (χ2n) is 4.39. The van der Waals surface area contributed by atoms with Gasteiger partial charge in [-0.25, -0.2) is 4.39 Å². The minimum Gasteiger partial charge on any atom is -0.365 e. The molecule has 0 spiro atoms. The molecule has 0 heterocycles. The normalized spacial score (nSPS) is 11.7. The highest BCUT2D eigenvalue weighted by molar-refractivity contribution is 5.53. The van der Waals surface area contributed by atoms with Crippen LogP contribution >= 0.6 is 0 Å². The van der Waals surface area contributed by atoms with Crippen LogP contribution < -0.4 is 10.2 Å². The van der Waals surface area contributed by atoms with Crippen LogP contribution in [-0.2, 0) is 6.54 Å². The lowest BCUT2D eigenvalue weighted by Crippen LogP contribution is -2.32. The van der Waals surface area contributed by atoms with Crippen LogP contribution in [0.5, 0.6) is 0 Å². The molecule has 0 aromatic heterocycles. The summed E-state index contributed by atoms with van der Waals surface area (Å²) in [6.45, 7) is 1.77. The van der Waals surface area contributed by atoms with Gasteiger partial charge < -0.3 is 10.2 Å². The zero-order valence-electron chi connectivity index (χ0n) is 11.0. The Morgan fingerprint density at radius 1 is 1.26 bits per heavy atom. The van der Waals surface area contributed by atoms with E-state index in [0.717, 1.165) is 11.3 Å². The Balaban J connectivity index is 2.89. The Kier molecular flexibility index (Phi) is 5.60. The van der Waals surface area contributed by atoms with Gasteiger partial charge in [0, 0.05) is 24.8 Å². The number of rotatable bonds is 6. The third-order valence-corrected chi connectivity index (χ3v) is 2.65. The molecule has 0 radical (unpaired) electrons. The lowest BCUT2D eigenvalue weighted by molar-refractivity contribution is -0.119. The quantitative estimate of drug-likeness (QED) is 0.634. The fourth-order valence-corrected chi connectivity index (χ4v) is 1.82. The first kappa shape index (κ1) is 15.8. The molecule has 108 valence electrons. The molecule has 1 N–H and O–H groups in total. The van der Waals surface area contributed by atoms with Crippen LogP contribution in [0.3, 0.4) is 0 Å². The molecule has 1 rings (SSSR count). The molecule has 0 fully saturated rings. The van der Waals surface area contributed by atoms with E-state index in [1.165, 1.54) is 25.2 Å². The Hall–Kier alpha value is -1.30. The summed E-state index contributed by atoms with van der Waals surface area (Å²) < 4.78 is 50.9. The third kappa shape index (κ3) is 5.06. The second-order valence-corrected chi connectivity index (χ2v) is 4.39. The van der Waals surface area contributed by atoms with E-state index in [0.29, 0.717) is 6.54 Å². The molecule has 0 saturated carbocycles. The Morgan fingerprint density at radius 3 is 2.53 bits per heavy atom. The lowest BCUT2D eigenvalue weighted by atomic mass is 10.1. The van der Waals surface area contributed by atoms with Crippen molar-refractivity contribution in [3.8, 4) is 0 Å². The van der Waals surface area contributed by atoms with E-state index in [1.807, 2.05) is 6.92 Å². The van der Waals surface area contributed by atoms with Gasteiger partial charge in [0.05, 0.1) is 0 Å². The summed E-state index contributed by atoms with van der Waals surface area (Å²) in [5, 5.41) is 3.00. The summed E-state index contributed by atoms with van der Waals surface area (Å²) >= 11 is 0. The molecule has 0 aliphatic heterocycles. The number of benzene rings is 1. The summed E-state index contributed by atoms with van der Waals surface area (Å²) in [5.41, 5.74) is 0.531. The van der Waals surface area contributed by atoms with Crippen molar-refractivity contribution in [3.63, 3.8) is 0 Å². The minimum absolute atomic E-state index is 0.220. The fourth-order valence-electron chi connectivity index (χ4n) is 1.82. The number of hydrogen-bond acceptors (Lipinski definition) is 2. The molecule has 1 aromatic carbocycles. The summed E-state index contributed by atoms with van der Waals surface area (Å²) in [7, 11) is 1.31. The fraction of sp³-hybridized carbons (Fsp3) is 0.538. The van der Waals surface area contributed by atoms with Crippen molar-refractivity contribution >= 4 is 5.69 Å². The van der Waals surface area contributed by atoms with Crippen molar-refractivity contribution in [1.82, 2.24) is 5.32 Å². The van der Waals surface area contributed by atoms with E-state index >= 15 is 0 Å². The highest BCUT2D eigenvalue weighted by atomic mass is 19.4. The maximum absolute atomic E-state index is 13.7. The van der Waals surface area contributed by atoms with Crippen molar-refractivity contribution in [2.45, 2.75) is 26.1 Å². The highest BCUT2D eigenvalue weighted by Crippen LogP contribution is 2.25. The van der Waals surface area contributed by atoms with Gasteiger partial charge in [0.15, 0.2) is 0 Å². The van der Waals surface area contributed by atoms with Crippen molar-refractivity contribution < 1.29 is 17.6 Å². The monoisotopic (exact) mass is 278 g/mol. The standard InChI is InChI=1S/C13H18F4N2/c1-3-7-18-8-10-11(14)5-4-6-12(10)19(2)9-13(15,16)17/h4-6,18H,3,7-9H2,1-2H3. The van der Waals surface area contributed by atoms with Gasteiger partial charge in [0.25, 0.3) is 0 Å². The van der Waals surface area contributed by atoms with E-state index in [4.69, 9.17) is 0 Å². The first-order valence-electron chi connectivity index (χ1n) is 6.11. The number of hydrogen-bond donors (Lipinski definition) is 1. The number of nitrogens with one attached hydrogen (secondary N) is 1. The largest absolute Gasteiger partial charge is 0.405 e. The third-order valence-electron chi connectivity index (χ3n) is 2.65. The number of anilines is 1. The van der Waals surface area contributed by atoms with Gasteiger partial charge in [-0.05, 0) is 25.1 Å². The van der Waals surface area contributed by atoms with Gasteiger partial charge >= 0.3 is 6.18 Å². The maximum Gasteiger partial charge on any atom is 0.405 e. The molecular weight excluding hydrogens is 260 g/mol. The SMILES string of the molecule is CCCNCc1c(F)cccc1N(C)CC(F)(F)F. The van der Waals surface area contributed by atoms with E-state index in [2.05, 4.69) is 5.32 Å². The van der Waals surface area contributed by atoms with Crippen LogP contribution in [-0.4, -0.2) is 26.3 Å². The predicted molar refractivity (Wildman–Crippen MR) is 67.7 cm³/mol. The number of nitrogens with zero attached hydrogens (tertiary/aromatic N) is 1. The van der Waals surface area contributed by atoms with E-state index in [9.17, 15) is 17.6 Å². The van der Waals surface area contributed by atoms with Crippen LogP contribution in [0.4, 0.5) is 23.2 Å². The van der Waals surface area contributed by atoms with E-state index < -0.39 is 18.5 Å². The second kappa shape index (κ2) is 6.75. The molecule has 0 amide bonds. The van der Waals surface area contributed by atoms with Crippen molar-refractivity contribution in [1.29, 1.82) is 0 Å². The topological polar surface area (TPSA) is 15.3 Å². The molecule has 0 aliphatic carbocycles. The van der Waals surface area contributed by atoms with Crippen molar-refractivity contribution in [2.24, 2.45) is 0 Å². The van der Waals surface area contributed by atoms with Crippen LogP contribution in [0.25, 0.3) is 0 Å². The first-order valence-corrected chi connectivity index (χ1v) is 6.11. The molecule has 0 bridgehead atoms. The number of halogens is 4. The average molecular weight is 278 g/mol. The average Bonchev–Trinajstić information content (AvgIpc) is 2.29. The molecule has 1 aromatic rings. The van der Waals surface area contributed by atoms with Gasteiger partial charge in [-0.2, -0.15) is 13.2 Å². The molecule has 0 saturated heterocycles. The molecule has 2 nitrogen and oxygen atoms in total. The Labute approximate surface area is 110 Å². The number of alkyl halides is 3. The minimum atomic E-state index is -4.31. The van der Waals surface area contributed by atoms with Crippen LogP contribution in [0.1, 0.15) is 18.9 Å². The first-order chi connectivity index (χ1) is 8.85. The van der Waals surface area contributed by atoms with E-state index in [1.54, 1.807) is 0 Å². The van der Waals surface area contributed by atoms with Crippen molar-refractivity contribution in [2.75, 3.05) is 25.0 Å². The highest BCUT2D eigenvalue weighted by Gasteiger charge is 2.30. The zero-order valence-corrected chi connectivity index (χ0v) is 11.0. The van der Waals surface area contributed by atoms with E-state index in [-0.39, 0.29) is 17.8 Å². The molecular formula is C13H18F4N2. The summed E-state index contributed by atoms with van der Waals surface area (Å²) in [6.07, 6.45) is -3.43. The van der Waals surface area contributed by atoms with Crippen LogP contribution in [0, 0.1) is 5.82 Å². The Morgan fingerprint density at radius 2 is 1.95 bits per heavy atom. The Bertz CT molecular complexity index is 404. The zero-order chi connectivity index (χ0) is 14.5. The lowest BCUT2D eigenvalue weighted by Gasteiger charge is -2.24.